The number of aromatic nitrogens is 1. The minimum Gasteiger partial charge on any atom is -0.491 e. The number of piperidine rings is 1. The Hall–Kier alpha value is -2.55. The number of carbonyl (C=O) groups excluding carboxylic acids is 1. The van der Waals surface area contributed by atoms with E-state index in [1.54, 1.807) is 0 Å². The van der Waals surface area contributed by atoms with E-state index in [0.29, 0.717) is 19.6 Å². The van der Waals surface area contributed by atoms with Crippen molar-refractivity contribution in [3.63, 3.8) is 0 Å². The van der Waals surface area contributed by atoms with Crippen molar-refractivity contribution in [1.82, 2.24) is 20.1 Å². The van der Waals surface area contributed by atoms with Crippen LogP contribution in [0.4, 0.5) is 11.4 Å². The number of nitrogen functional groups attached to an aromatic ring is 1. The topological polar surface area (TPSA) is 87.8 Å². The second-order valence-electron chi connectivity index (χ2n) is 8.28. The van der Waals surface area contributed by atoms with Crippen LogP contribution in [0.5, 0.6) is 5.75 Å². The average Bonchev–Trinajstić information content (AvgIpc) is 3.18. The molecule has 3 aliphatic rings. The molecule has 3 aliphatic heterocycles. The third-order valence-electron chi connectivity index (χ3n) is 6.42. The van der Waals surface area contributed by atoms with Crippen molar-refractivity contribution >= 4 is 17.2 Å². The number of piperazine rings is 1. The number of Topliss-reactive ketones (excluding diaryl/α,β-unsaturated/α-hetero) is 1. The number of ketones is 1. The Morgan fingerprint density at radius 1 is 1.13 bits per heavy atom. The number of anilines is 2. The maximum Gasteiger partial charge on any atom is 0.154 e. The van der Waals surface area contributed by atoms with E-state index in [-0.39, 0.29) is 18.0 Å². The van der Waals surface area contributed by atoms with Gasteiger partial charge in [0.25, 0.3) is 0 Å². The summed E-state index contributed by atoms with van der Waals surface area (Å²) in [5, 5.41) is 6.81. The molecule has 0 amide bonds. The molecule has 160 valence electrons. The molecule has 0 aliphatic carbocycles. The number of benzene rings is 1. The highest BCUT2D eigenvalue weighted by Gasteiger charge is 2.36. The van der Waals surface area contributed by atoms with Gasteiger partial charge in [-0.25, -0.2) is 0 Å². The molecule has 1 aromatic carbocycles. The minimum absolute atomic E-state index is 0.00847. The van der Waals surface area contributed by atoms with Gasteiger partial charge in [-0.1, -0.05) is 12.1 Å². The van der Waals surface area contributed by atoms with Crippen molar-refractivity contribution < 1.29 is 9.53 Å². The second kappa shape index (κ2) is 8.29. The number of fused-ring (bicyclic) bond motifs is 3. The summed E-state index contributed by atoms with van der Waals surface area (Å²) in [5.74, 6) is 1.17. The van der Waals surface area contributed by atoms with Crippen LogP contribution in [0.1, 0.15) is 18.3 Å². The van der Waals surface area contributed by atoms with Crippen molar-refractivity contribution in [2.24, 2.45) is 0 Å². The number of hydrogen-bond donors (Lipinski definition) is 3. The van der Waals surface area contributed by atoms with Crippen LogP contribution in [-0.4, -0.2) is 67.2 Å². The zero-order valence-electron chi connectivity index (χ0n) is 17.2. The number of nitrogens with one attached hydrogen (secondary N) is 2. The summed E-state index contributed by atoms with van der Waals surface area (Å²) >= 11 is 0. The van der Waals surface area contributed by atoms with E-state index in [0.717, 1.165) is 62.1 Å². The molecule has 0 bridgehead atoms. The maximum atomic E-state index is 12.2. The third-order valence-corrected chi connectivity index (χ3v) is 6.42. The Bertz CT molecular complexity index is 905. The molecule has 0 radical (unpaired) electrons. The molecule has 8 heteroatoms. The van der Waals surface area contributed by atoms with Crippen molar-refractivity contribution in [2.75, 3.05) is 56.5 Å². The van der Waals surface area contributed by atoms with Gasteiger partial charge in [-0.3, -0.25) is 20.3 Å². The summed E-state index contributed by atoms with van der Waals surface area (Å²) < 4.78 is 8.23. The highest BCUT2D eigenvalue weighted by atomic mass is 16.5. The smallest absolute Gasteiger partial charge is 0.154 e. The summed E-state index contributed by atoms with van der Waals surface area (Å²) in [6.45, 7) is 6.95. The number of carbonyl (C=O) groups is 1. The molecular weight excluding hydrogens is 380 g/mol. The molecule has 30 heavy (non-hydrogen) atoms. The minimum atomic E-state index is -0.138. The summed E-state index contributed by atoms with van der Waals surface area (Å²) in [7, 11) is 0. The summed E-state index contributed by atoms with van der Waals surface area (Å²) in [4.78, 5) is 17.0. The lowest BCUT2D eigenvalue weighted by molar-refractivity contribution is -0.124. The molecule has 2 atom stereocenters. The monoisotopic (exact) mass is 410 g/mol. The lowest BCUT2D eigenvalue weighted by Crippen LogP contribution is -2.56. The Morgan fingerprint density at radius 2 is 1.97 bits per heavy atom. The van der Waals surface area contributed by atoms with E-state index in [4.69, 9.17) is 10.5 Å². The fraction of sp³-hybridized carbons (Fsp3) is 0.500. The molecule has 1 aromatic heterocycles. The number of rotatable bonds is 5. The zero-order valence-corrected chi connectivity index (χ0v) is 17.2. The Kier molecular flexibility index (Phi) is 5.37. The first-order valence-corrected chi connectivity index (χ1v) is 10.8. The summed E-state index contributed by atoms with van der Waals surface area (Å²) in [6, 6.07) is 10.0. The van der Waals surface area contributed by atoms with E-state index < -0.39 is 0 Å². The van der Waals surface area contributed by atoms with Gasteiger partial charge in [0.2, 0.25) is 0 Å². The highest BCUT2D eigenvalue weighted by Crippen LogP contribution is 2.28. The number of nitrogens with two attached hydrogens (primary N) is 1. The molecule has 2 unspecified atom stereocenters. The van der Waals surface area contributed by atoms with Gasteiger partial charge in [-0.2, -0.15) is 0 Å². The fourth-order valence-corrected chi connectivity index (χ4v) is 4.75. The number of ether oxygens (including phenoxy) is 1. The SMILES string of the molecule is Nc1ccccc1N1CCN(CCOc2cc3n(c2)C2NCCC(=O)C2NC3)CC1. The van der Waals surface area contributed by atoms with Gasteiger partial charge in [0.05, 0.1) is 11.4 Å². The van der Waals surface area contributed by atoms with Crippen molar-refractivity contribution in [1.29, 1.82) is 0 Å². The highest BCUT2D eigenvalue weighted by molar-refractivity contribution is 5.85. The van der Waals surface area contributed by atoms with Crippen molar-refractivity contribution in [3.8, 4) is 5.75 Å². The molecule has 8 nitrogen and oxygen atoms in total. The molecule has 2 fully saturated rings. The lowest BCUT2D eigenvalue weighted by Gasteiger charge is -2.37. The molecule has 0 saturated carbocycles. The van der Waals surface area contributed by atoms with Gasteiger partial charge in [-0.05, 0) is 12.1 Å². The quantitative estimate of drug-likeness (QED) is 0.629. The predicted octanol–water partition coefficient (Wildman–Crippen LogP) is 0.804. The first kappa shape index (κ1) is 19.4. The molecule has 2 saturated heterocycles. The first-order valence-electron chi connectivity index (χ1n) is 10.8. The van der Waals surface area contributed by atoms with Gasteiger partial charge in [-0.15, -0.1) is 0 Å². The van der Waals surface area contributed by atoms with E-state index in [9.17, 15) is 4.79 Å². The van der Waals surface area contributed by atoms with E-state index >= 15 is 0 Å². The summed E-state index contributed by atoms with van der Waals surface area (Å²) in [5.41, 5.74) is 9.25. The molecule has 0 spiro atoms. The molecule has 5 rings (SSSR count). The largest absolute Gasteiger partial charge is 0.491 e. The average molecular weight is 411 g/mol. The standard InChI is InChI=1S/C22H30N6O2/c23-18-3-1-2-4-19(18)27-9-7-26(8-10-27)11-12-30-17-13-16-14-25-21-20(29)5-6-24-22(21)28(16)15-17/h1-4,13,15,21-22,24-25H,5-12,14,23H2. The number of hydrogen-bond acceptors (Lipinski definition) is 7. The van der Waals surface area contributed by atoms with Crippen LogP contribution >= 0.6 is 0 Å². The van der Waals surface area contributed by atoms with Crippen LogP contribution in [0.15, 0.2) is 36.5 Å². The summed E-state index contributed by atoms with van der Waals surface area (Å²) in [6.07, 6.45) is 2.62. The van der Waals surface area contributed by atoms with Crippen LogP contribution in [-0.2, 0) is 11.3 Å². The fourth-order valence-electron chi connectivity index (χ4n) is 4.75. The third kappa shape index (κ3) is 3.78. The van der Waals surface area contributed by atoms with Gasteiger partial charge in [0.1, 0.15) is 24.6 Å². The van der Waals surface area contributed by atoms with Crippen molar-refractivity contribution in [3.05, 3.63) is 42.2 Å². The second-order valence-corrected chi connectivity index (χ2v) is 8.28. The zero-order chi connectivity index (χ0) is 20.5. The van der Waals surface area contributed by atoms with Crippen LogP contribution in [0, 0.1) is 0 Å². The molecule has 4 N–H and O–H groups in total. The van der Waals surface area contributed by atoms with Crippen LogP contribution < -0.4 is 26.0 Å². The molecule has 4 heterocycles. The Balaban J connectivity index is 1.12. The van der Waals surface area contributed by atoms with Crippen LogP contribution in [0.2, 0.25) is 0 Å². The van der Waals surface area contributed by atoms with Crippen molar-refractivity contribution in [2.45, 2.75) is 25.2 Å². The van der Waals surface area contributed by atoms with Gasteiger partial charge in [0, 0.05) is 70.2 Å². The van der Waals surface area contributed by atoms with Gasteiger partial charge < -0.3 is 19.9 Å². The first-order chi connectivity index (χ1) is 14.7. The van der Waals surface area contributed by atoms with E-state index in [1.165, 1.54) is 0 Å². The maximum absolute atomic E-state index is 12.2. The van der Waals surface area contributed by atoms with Gasteiger partial charge in [0.15, 0.2) is 5.78 Å². The number of nitrogens with zero attached hydrogens (tertiary/aromatic N) is 3. The molecule has 2 aromatic rings. The molecular formula is C22H30N6O2. The Labute approximate surface area is 177 Å². The van der Waals surface area contributed by atoms with E-state index in [1.807, 2.05) is 24.4 Å². The normalized spacial score (nSPS) is 24.4. The van der Waals surface area contributed by atoms with Crippen LogP contribution in [0.3, 0.4) is 0 Å². The van der Waals surface area contributed by atoms with Gasteiger partial charge >= 0.3 is 0 Å². The Morgan fingerprint density at radius 3 is 2.80 bits per heavy atom. The van der Waals surface area contributed by atoms with Crippen LogP contribution in [0.25, 0.3) is 0 Å². The van der Waals surface area contributed by atoms with E-state index in [2.05, 4.69) is 37.1 Å². The predicted molar refractivity (Wildman–Crippen MR) is 117 cm³/mol. The lowest BCUT2D eigenvalue weighted by atomic mass is 10.0. The number of para-hydroxylation sites is 2.